The number of carbonyl (C=O) groups is 1. The molecule has 2 aliphatic rings. The van der Waals surface area contributed by atoms with Crippen LogP contribution in [-0.4, -0.2) is 30.6 Å². The van der Waals surface area contributed by atoms with E-state index >= 15 is 0 Å². The summed E-state index contributed by atoms with van der Waals surface area (Å²) in [6.45, 7) is 4.76. The van der Waals surface area contributed by atoms with Crippen LogP contribution < -0.4 is 20.1 Å². The Hall–Kier alpha value is -2.02. The molecular formula is C23H31Cl2N3O3. The normalized spacial score (nSPS) is 21.8. The summed E-state index contributed by atoms with van der Waals surface area (Å²) in [6.07, 6.45) is 6.27. The minimum absolute atomic E-state index is 0. The zero-order chi connectivity index (χ0) is 20.1. The SMILES string of the molecule is CCOc1ccccc1Oc1ccc(CNC(=O)[C@@]23CCCC[C@H]2CNC3)cn1.Cl.Cl. The Balaban J connectivity index is 0.00000171. The second-order valence-electron chi connectivity index (χ2n) is 7.90. The monoisotopic (exact) mass is 467 g/mol. The predicted molar refractivity (Wildman–Crippen MR) is 126 cm³/mol. The molecule has 1 amide bonds. The average Bonchev–Trinajstić information content (AvgIpc) is 3.20. The number of ether oxygens (including phenoxy) is 2. The molecule has 2 aromatic rings. The minimum atomic E-state index is -0.224. The molecular weight excluding hydrogens is 437 g/mol. The van der Waals surface area contributed by atoms with Crippen molar-refractivity contribution in [1.82, 2.24) is 15.6 Å². The molecule has 2 atom stereocenters. The number of pyridine rings is 1. The van der Waals surface area contributed by atoms with Crippen LogP contribution in [0.1, 0.15) is 38.2 Å². The van der Waals surface area contributed by atoms with E-state index in [0.717, 1.165) is 37.9 Å². The van der Waals surface area contributed by atoms with Crippen molar-refractivity contribution in [2.24, 2.45) is 11.3 Å². The number of halogens is 2. The Kier molecular flexibility index (Phi) is 9.41. The number of benzene rings is 1. The first-order valence-corrected chi connectivity index (χ1v) is 10.5. The van der Waals surface area contributed by atoms with E-state index < -0.39 is 0 Å². The minimum Gasteiger partial charge on any atom is -0.490 e. The summed E-state index contributed by atoms with van der Waals surface area (Å²) in [5.74, 6) is 2.48. The topological polar surface area (TPSA) is 72.5 Å². The fraction of sp³-hybridized carbons (Fsp3) is 0.478. The van der Waals surface area contributed by atoms with Crippen LogP contribution in [0.25, 0.3) is 0 Å². The lowest BCUT2D eigenvalue weighted by atomic mass is 9.67. The standard InChI is InChI=1S/C23H29N3O3.2ClH/c1-2-28-19-8-3-4-9-20(19)29-21-11-10-17(13-25-21)14-26-22(27)23-12-6-5-7-18(23)15-24-16-23;;/h3-4,8-11,13,18,24H,2,5-7,12,14-16H2,1H3,(H,26,27);2*1H/t18-,23+;;/m0../s1. The van der Waals surface area contributed by atoms with Crippen molar-refractivity contribution < 1.29 is 14.3 Å². The van der Waals surface area contributed by atoms with Gasteiger partial charge in [-0.1, -0.05) is 31.0 Å². The molecule has 170 valence electrons. The fourth-order valence-electron chi connectivity index (χ4n) is 4.55. The van der Waals surface area contributed by atoms with Gasteiger partial charge in [0.25, 0.3) is 0 Å². The molecule has 0 bridgehead atoms. The molecule has 8 heteroatoms. The predicted octanol–water partition coefficient (Wildman–Crippen LogP) is 4.51. The van der Waals surface area contributed by atoms with Crippen LogP contribution in [0.3, 0.4) is 0 Å². The molecule has 1 saturated carbocycles. The second kappa shape index (κ2) is 11.6. The molecule has 4 rings (SSSR count). The molecule has 1 saturated heterocycles. The molecule has 0 unspecified atom stereocenters. The van der Waals surface area contributed by atoms with Crippen molar-refractivity contribution in [3.63, 3.8) is 0 Å². The number of nitrogens with zero attached hydrogens (tertiary/aromatic N) is 1. The largest absolute Gasteiger partial charge is 0.490 e. The summed E-state index contributed by atoms with van der Waals surface area (Å²) < 4.78 is 11.4. The zero-order valence-electron chi connectivity index (χ0n) is 17.8. The molecule has 1 aromatic heterocycles. The Bertz CT molecular complexity index is 850. The van der Waals surface area contributed by atoms with Gasteiger partial charge >= 0.3 is 0 Å². The highest BCUT2D eigenvalue weighted by Gasteiger charge is 2.49. The first-order chi connectivity index (χ1) is 14.2. The molecule has 1 aromatic carbocycles. The van der Waals surface area contributed by atoms with Gasteiger partial charge in [0.1, 0.15) is 0 Å². The third-order valence-electron chi connectivity index (χ3n) is 6.10. The number of carbonyl (C=O) groups excluding carboxylic acids is 1. The maximum Gasteiger partial charge on any atom is 0.228 e. The molecule has 6 nitrogen and oxygen atoms in total. The number of amides is 1. The summed E-state index contributed by atoms with van der Waals surface area (Å²) in [6, 6.07) is 11.3. The molecule has 0 radical (unpaired) electrons. The van der Waals surface area contributed by atoms with Gasteiger partial charge in [0.05, 0.1) is 12.0 Å². The van der Waals surface area contributed by atoms with Gasteiger partial charge in [-0.25, -0.2) is 4.98 Å². The molecule has 2 N–H and O–H groups in total. The van der Waals surface area contributed by atoms with Crippen LogP contribution in [0.5, 0.6) is 17.4 Å². The molecule has 31 heavy (non-hydrogen) atoms. The first kappa shape index (κ1) is 25.2. The van der Waals surface area contributed by atoms with E-state index in [1.54, 1.807) is 6.20 Å². The molecule has 0 spiro atoms. The van der Waals surface area contributed by atoms with E-state index in [4.69, 9.17) is 9.47 Å². The summed E-state index contributed by atoms with van der Waals surface area (Å²) >= 11 is 0. The number of para-hydroxylation sites is 2. The highest BCUT2D eigenvalue weighted by atomic mass is 35.5. The lowest BCUT2D eigenvalue weighted by molar-refractivity contribution is -0.134. The maximum absolute atomic E-state index is 13.0. The summed E-state index contributed by atoms with van der Waals surface area (Å²) in [7, 11) is 0. The molecule has 2 heterocycles. The molecule has 2 fully saturated rings. The average molecular weight is 468 g/mol. The second-order valence-corrected chi connectivity index (χ2v) is 7.90. The Morgan fingerprint density at radius 1 is 1.19 bits per heavy atom. The lowest BCUT2D eigenvalue weighted by Gasteiger charge is -2.37. The van der Waals surface area contributed by atoms with E-state index in [9.17, 15) is 4.79 Å². The van der Waals surface area contributed by atoms with Crippen molar-refractivity contribution in [3.8, 4) is 17.4 Å². The maximum atomic E-state index is 13.0. The van der Waals surface area contributed by atoms with Crippen LogP contribution in [0.15, 0.2) is 42.6 Å². The van der Waals surface area contributed by atoms with E-state index in [-0.39, 0.29) is 36.1 Å². The van der Waals surface area contributed by atoms with Crippen molar-refractivity contribution >= 4 is 30.7 Å². The van der Waals surface area contributed by atoms with E-state index in [0.29, 0.717) is 36.4 Å². The number of aromatic nitrogens is 1. The van der Waals surface area contributed by atoms with Gasteiger partial charge in [0, 0.05) is 25.4 Å². The zero-order valence-corrected chi connectivity index (χ0v) is 19.4. The molecule has 1 aliphatic carbocycles. The quantitative estimate of drug-likeness (QED) is 0.626. The summed E-state index contributed by atoms with van der Waals surface area (Å²) in [5, 5.41) is 6.57. The Labute approximate surface area is 196 Å². The number of rotatable bonds is 7. The highest BCUT2D eigenvalue weighted by Crippen LogP contribution is 2.43. The Morgan fingerprint density at radius 2 is 2.00 bits per heavy atom. The molecule has 1 aliphatic heterocycles. The number of hydrogen-bond donors (Lipinski definition) is 2. The first-order valence-electron chi connectivity index (χ1n) is 10.5. The highest BCUT2D eigenvalue weighted by molar-refractivity contribution is 5.85. The number of hydrogen-bond acceptors (Lipinski definition) is 5. The van der Waals surface area contributed by atoms with Crippen molar-refractivity contribution in [2.45, 2.75) is 39.2 Å². The van der Waals surface area contributed by atoms with Gasteiger partial charge in [-0.2, -0.15) is 0 Å². The third-order valence-corrected chi connectivity index (χ3v) is 6.10. The third kappa shape index (κ3) is 5.62. The van der Waals surface area contributed by atoms with Crippen molar-refractivity contribution in [1.29, 1.82) is 0 Å². The van der Waals surface area contributed by atoms with Gasteiger partial charge < -0.3 is 20.1 Å². The van der Waals surface area contributed by atoms with Crippen LogP contribution in [-0.2, 0) is 11.3 Å². The van der Waals surface area contributed by atoms with Gasteiger partial charge in [0.15, 0.2) is 11.5 Å². The fourth-order valence-corrected chi connectivity index (χ4v) is 4.55. The lowest BCUT2D eigenvalue weighted by Crippen LogP contribution is -2.47. The van der Waals surface area contributed by atoms with Crippen LogP contribution in [0.2, 0.25) is 0 Å². The van der Waals surface area contributed by atoms with Gasteiger partial charge in [0.2, 0.25) is 11.8 Å². The van der Waals surface area contributed by atoms with E-state index in [2.05, 4.69) is 15.6 Å². The van der Waals surface area contributed by atoms with Gasteiger partial charge in [-0.05, 0) is 49.9 Å². The van der Waals surface area contributed by atoms with Crippen molar-refractivity contribution in [2.75, 3.05) is 19.7 Å². The van der Waals surface area contributed by atoms with Gasteiger partial charge in [-0.3, -0.25) is 4.79 Å². The van der Waals surface area contributed by atoms with Crippen LogP contribution in [0, 0.1) is 11.3 Å². The van der Waals surface area contributed by atoms with E-state index in [1.165, 1.54) is 6.42 Å². The summed E-state index contributed by atoms with van der Waals surface area (Å²) in [4.78, 5) is 17.4. The van der Waals surface area contributed by atoms with Crippen molar-refractivity contribution in [3.05, 3.63) is 48.2 Å². The van der Waals surface area contributed by atoms with E-state index in [1.807, 2.05) is 43.3 Å². The van der Waals surface area contributed by atoms with Crippen LogP contribution in [0.4, 0.5) is 0 Å². The smallest absolute Gasteiger partial charge is 0.228 e. The Morgan fingerprint density at radius 3 is 2.74 bits per heavy atom. The number of nitrogens with one attached hydrogen (secondary N) is 2. The van der Waals surface area contributed by atoms with Gasteiger partial charge in [-0.15, -0.1) is 24.8 Å². The summed E-state index contributed by atoms with van der Waals surface area (Å²) in [5.41, 5.74) is 0.732. The van der Waals surface area contributed by atoms with Crippen LogP contribution >= 0.6 is 24.8 Å². The number of fused-ring (bicyclic) bond motifs is 1.